The molecule has 0 saturated heterocycles. The van der Waals surface area contributed by atoms with Crippen LogP contribution in [0.1, 0.15) is 25.1 Å². The lowest BCUT2D eigenvalue weighted by Crippen LogP contribution is -2.28. The first-order valence-electron chi connectivity index (χ1n) is 10.3. The lowest BCUT2D eigenvalue weighted by molar-refractivity contribution is -0.156. The third-order valence-electron chi connectivity index (χ3n) is 4.82. The summed E-state index contributed by atoms with van der Waals surface area (Å²) in [6.07, 6.45) is -0.0891. The van der Waals surface area contributed by atoms with Crippen molar-refractivity contribution in [3.63, 3.8) is 0 Å². The average molecular weight is 428 g/mol. The van der Waals surface area contributed by atoms with Crippen molar-refractivity contribution in [1.82, 2.24) is 4.57 Å². The number of aromatic nitrogens is 1. The van der Waals surface area contributed by atoms with Gasteiger partial charge in [-0.2, -0.15) is 0 Å². The molecule has 1 aromatic carbocycles. The number of hydrogen-bond acceptors (Lipinski definition) is 5. The van der Waals surface area contributed by atoms with Crippen LogP contribution in [0.3, 0.4) is 0 Å². The molecule has 0 N–H and O–H groups in total. The fourth-order valence-corrected chi connectivity index (χ4v) is 4.10. The van der Waals surface area contributed by atoms with E-state index in [9.17, 15) is 4.79 Å². The lowest BCUT2D eigenvalue weighted by Gasteiger charge is -2.16. The molecule has 0 saturated carbocycles. The molecule has 0 fully saturated rings. The van der Waals surface area contributed by atoms with E-state index in [1.807, 2.05) is 31.2 Å². The molecule has 0 aliphatic carbocycles. The molecule has 160 valence electrons. The van der Waals surface area contributed by atoms with Gasteiger partial charge in [-0.15, -0.1) is 11.3 Å². The number of carbonyl (C=O) groups is 1. The zero-order chi connectivity index (χ0) is 21.3. The summed E-state index contributed by atoms with van der Waals surface area (Å²) >= 11 is 1.74. The molecule has 0 bridgehead atoms. The Morgan fingerprint density at radius 1 is 1.07 bits per heavy atom. The minimum absolute atomic E-state index is 0.316. The van der Waals surface area contributed by atoms with Crippen LogP contribution in [0, 0.1) is 6.92 Å². The SMILES string of the molecule is CCOC(=O)C(Cc1ccc(OCCn2c(C)ccc2-c2cccs2)cc1)OCC. The minimum atomic E-state index is -0.575. The molecule has 2 aromatic heterocycles. The highest BCUT2D eigenvalue weighted by molar-refractivity contribution is 7.13. The molecule has 0 spiro atoms. The van der Waals surface area contributed by atoms with Gasteiger partial charge in [0.25, 0.3) is 0 Å². The van der Waals surface area contributed by atoms with E-state index in [-0.39, 0.29) is 5.97 Å². The Kier molecular flexibility index (Phi) is 8.11. The fraction of sp³-hybridized carbons (Fsp3) is 0.375. The number of nitrogens with zero attached hydrogens (tertiary/aromatic N) is 1. The predicted octanol–water partition coefficient (Wildman–Crippen LogP) is 5.11. The first kappa shape index (κ1) is 22.1. The quantitative estimate of drug-likeness (QED) is 0.399. The Labute approximate surface area is 182 Å². The molecule has 6 heteroatoms. The second-order valence-corrected chi connectivity index (χ2v) is 7.83. The summed E-state index contributed by atoms with van der Waals surface area (Å²) in [5.41, 5.74) is 3.45. The third-order valence-corrected chi connectivity index (χ3v) is 5.71. The molecular weight excluding hydrogens is 398 g/mol. The van der Waals surface area contributed by atoms with Crippen LogP contribution in [0.5, 0.6) is 5.75 Å². The van der Waals surface area contributed by atoms with Crippen LogP contribution in [-0.2, 0) is 27.2 Å². The summed E-state index contributed by atoms with van der Waals surface area (Å²) < 4.78 is 18.9. The second-order valence-electron chi connectivity index (χ2n) is 6.88. The molecule has 2 heterocycles. The van der Waals surface area contributed by atoms with E-state index in [2.05, 4.69) is 41.1 Å². The molecule has 0 aliphatic heterocycles. The Balaban J connectivity index is 1.55. The largest absolute Gasteiger partial charge is 0.492 e. The van der Waals surface area contributed by atoms with Gasteiger partial charge < -0.3 is 18.8 Å². The van der Waals surface area contributed by atoms with Crippen molar-refractivity contribution in [3.05, 3.63) is 65.2 Å². The maximum Gasteiger partial charge on any atom is 0.335 e. The average Bonchev–Trinajstić information content (AvgIpc) is 3.39. The molecule has 3 aromatic rings. The number of carbonyl (C=O) groups excluding carboxylic acids is 1. The van der Waals surface area contributed by atoms with Crippen LogP contribution in [0.25, 0.3) is 10.6 Å². The number of esters is 1. The number of aryl methyl sites for hydroxylation is 1. The summed E-state index contributed by atoms with van der Waals surface area (Å²) in [6, 6.07) is 16.3. The van der Waals surface area contributed by atoms with E-state index < -0.39 is 6.10 Å². The molecule has 1 unspecified atom stereocenters. The van der Waals surface area contributed by atoms with Crippen molar-refractivity contribution >= 4 is 17.3 Å². The zero-order valence-corrected chi connectivity index (χ0v) is 18.6. The van der Waals surface area contributed by atoms with Gasteiger partial charge in [-0.1, -0.05) is 18.2 Å². The monoisotopic (exact) mass is 427 g/mol. The van der Waals surface area contributed by atoms with Gasteiger partial charge in [0.05, 0.1) is 23.7 Å². The molecule has 5 nitrogen and oxygen atoms in total. The number of benzene rings is 1. The van der Waals surface area contributed by atoms with Crippen molar-refractivity contribution < 1.29 is 19.0 Å². The van der Waals surface area contributed by atoms with Crippen molar-refractivity contribution in [1.29, 1.82) is 0 Å². The molecule has 0 radical (unpaired) electrons. The van der Waals surface area contributed by atoms with E-state index in [1.54, 1.807) is 18.3 Å². The Hall–Kier alpha value is -2.57. The van der Waals surface area contributed by atoms with Gasteiger partial charge in [-0.05, 0) is 62.0 Å². The standard InChI is InChI=1S/C24H29NO4S/c1-4-27-22(24(26)28-5-2)17-19-9-11-20(12-10-19)29-15-14-25-18(3)8-13-21(25)23-7-6-16-30-23/h6-13,16,22H,4-5,14-15,17H2,1-3H3. The third kappa shape index (κ3) is 5.74. The van der Waals surface area contributed by atoms with Gasteiger partial charge in [0.1, 0.15) is 12.4 Å². The minimum Gasteiger partial charge on any atom is -0.492 e. The molecule has 3 rings (SSSR count). The predicted molar refractivity (Wildman–Crippen MR) is 120 cm³/mol. The van der Waals surface area contributed by atoms with E-state index in [1.165, 1.54) is 16.3 Å². The first-order chi connectivity index (χ1) is 14.6. The van der Waals surface area contributed by atoms with E-state index in [0.29, 0.717) is 26.2 Å². The van der Waals surface area contributed by atoms with Gasteiger partial charge in [-0.3, -0.25) is 0 Å². The molecule has 30 heavy (non-hydrogen) atoms. The van der Waals surface area contributed by atoms with Crippen molar-refractivity contribution in [2.75, 3.05) is 19.8 Å². The van der Waals surface area contributed by atoms with Crippen LogP contribution in [0.4, 0.5) is 0 Å². The van der Waals surface area contributed by atoms with Crippen LogP contribution in [0.15, 0.2) is 53.9 Å². The fourth-order valence-electron chi connectivity index (χ4n) is 3.34. The maximum absolute atomic E-state index is 12.0. The lowest BCUT2D eigenvalue weighted by atomic mass is 10.1. The van der Waals surface area contributed by atoms with E-state index in [4.69, 9.17) is 14.2 Å². The zero-order valence-electron chi connectivity index (χ0n) is 17.8. The summed E-state index contributed by atoms with van der Waals surface area (Å²) in [5.74, 6) is 0.494. The number of rotatable bonds is 11. The van der Waals surface area contributed by atoms with Crippen LogP contribution < -0.4 is 4.74 Å². The topological polar surface area (TPSA) is 49.7 Å². The smallest absolute Gasteiger partial charge is 0.335 e. The van der Waals surface area contributed by atoms with Crippen molar-refractivity contribution in [3.8, 4) is 16.3 Å². The van der Waals surface area contributed by atoms with Gasteiger partial charge >= 0.3 is 5.97 Å². The molecule has 1 atom stereocenters. The Morgan fingerprint density at radius 2 is 1.87 bits per heavy atom. The van der Waals surface area contributed by atoms with Gasteiger partial charge in [0.2, 0.25) is 0 Å². The summed E-state index contributed by atoms with van der Waals surface area (Å²) in [6.45, 7) is 7.97. The van der Waals surface area contributed by atoms with Gasteiger partial charge in [-0.25, -0.2) is 4.79 Å². The van der Waals surface area contributed by atoms with Crippen molar-refractivity contribution in [2.24, 2.45) is 0 Å². The Bertz CT molecular complexity index is 915. The van der Waals surface area contributed by atoms with E-state index >= 15 is 0 Å². The number of hydrogen-bond donors (Lipinski definition) is 0. The number of ether oxygens (including phenoxy) is 3. The maximum atomic E-state index is 12.0. The first-order valence-corrected chi connectivity index (χ1v) is 11.2. The summed E-state index contributed by atoms with van der Waals surface area (Å²) in [4.78, 5) is 13.3. The van der Waals surface area contributed by atoms with E-state index in [0.717, 1.165) is 17.9 Å². The number of thiophene rings is 1. The highest BCUT2D eigenvalue weighted by Gasteiger charge is 2.20. The van der Waals surface area contributed by atoms with Gasteiger partial charge in [0.15, 0.2) is 6.10 Å². The van der Waals surface area contributed by atoms with Crippen LogP contribution in [-0.4, -0.2) is 36.5 Å². The second kappa shape index (κ2) is 11.0. The van der Waals surface area contributed by atoms with Crippen LogP contribution >= 0.6 is 11.3 Å². The molecule has 0 aliphatic rings. The summed E-state index contributed by atoms with van der Waals surface area (Å²) in [5, 5.41) is 2.10. The summed E-state index contributed by atoms with van der Waals surface area (Å²) in [7, 11) is 0. The van der Waals surface area contributed by atoms with Gasteiger partial charge in [0, 0.05) is 18.7 Å². The molecular formula is C24H29NO4S. The highest BCUT2D eigenvalue weighted by atomic mass is 32.1. The highest BCUT2D eigenvalue weighted by Crippen LogP contribution is 2.27. The molecule has 0 amide bonds. The van der Waals surface area contributed by atoms with Crippen LogP contribution in [0.2, 0.25) is 0 Å². The normalized spacial score (nSPS) is 12.0. The Morgan fingerprint density at radius 3 is 2.53 bits per heavy atom. The van der Waals surface area contributed by atoms with Crippen molar-refractivity contribution in [2.45, 2.75) is 39.8 Å².